The molecule has 3 rings (SSSR count). The number of nitrogens with zero attached hydrogens (tertiary/aromatic N) is 2. The van der Waals surface area contributed by atoms with Crippen LogP contribution in [0.4, 0.5) is 5.82 Å². The van der Waals surface area contributed by atoms with E-state index in [0.29, 0.717) is 11.6 Å². The molecule has 0 bridgehead atoms. The number of rotatable bonds is 2. The Hall–Kier alpha value is -1.89. The number of fused-ring (bicyclic) bond motifs is 1. The summed E-state index contributed by atoms with van der Waals surface area (Å²) in [7, 11) is 1.64. The van der Waals surface area contributed by atoms with Crippen LogP contribution in [0.5, 0.6) is 5.75 Å². The number of halogens is 1. The highest BCUT2D eigenvalue weighted by molar-refractivity contribution is 14.1. The molecule has 2 aromatic carbocycles. The minimum Gasteiger partial charge on any atom is -0.496 e. The molecule has 20 heavy (non-hydrogen) atoms. The maximum absolute atomic E-state index is 5.89. The topological polar surface area (TPSA) is 61.0 Å². The molecule has 5 heteroatoms. The molecule has 100 valence electrons. The van der Waals surface area contributed by atoms with Crippen molar-refractivity contribution in [1.82, 2.24) is 9.97 Å². The fraction of sp³-hybridized carbons (Fsp3) is 0.0667. The van der Waals surface area contributed by atoms with E-state index >= 15 is 0 Å². The fourth-order valence-corrected chi connectivity index (χ4v) is 2.41. The van der Waals surface area contributed by atoms with Crippen LogP contribution >= 0.6 is 22.6 Å². The number of hydrogen-bond acceptors (Lipinski definition) is 4. The molecule has 0 atom stereocenters. The Bertz CT molecular complexity index is 789. The highest BCUT2D eigenvalue weighted by Crippen LogP contribution is 2.35. The van der Waals surface area contributed by atoms with Gasteiger partial charge in [0.15, 0.2) is 5.82 Å². The van der Waals surface area contributed by atoms with Crippen molar-refractivity contribution >= 4 is 39.2 Å². The molecule has 0 fully saturated rings. The third kappa shape index (κ3) is 2.18. The van der Waals surface area contributed by atoms with Crippen molar-refractivity contribution < 1.29 is 4.74 Å². The number of benzene rings is 2. The quantitative estimate of drug-likeness (QED) is 0.695. The Morgan fingerprint density at radius 3 is 2.70 bits per heavy atom. The van der Waals surface area contributed by atoms with Crippen molar-refractivity contribution in [3.8, 4) is 17.1 Å². The first kappa shape index (κ1) is 13.1. The summed E-state index contributed by atoms with van der Waals surface area (Å²) in [4.78, 5) is 8.77. The summed E-state index contributed by atoms with van der Waals surface area (Å²) in [6.45, 7) is 0. The second-order valence-corrected chi connectivity index (χ2v) is 5.45. The molecule has 0 saturated carbocycles. The number of anilines is 1. The predicted molar refractivity (Wildman–Crippen MR) is 88.7 cm³/mol. The molecule has 2 N–H and O–H groups in total. The van der Waals surface area contributed by atoms with Crippen LogP contribution in [-0.4, -0.2) is 17.1 Å². The van der Waals surface area contributed by atoms with Gasteiger partial charge in [0.2, 0.25) is 0 Å². The Balaban J connectivity index is 2.35. The number of ether oxygens (including phenoxy) is 1. The molecule has 0 aliphatic heterocycles. The van der Waals surface area contributed by atoms with Crippen molar-refractivity contribution in [2.45, 2.75) is 0 Å². The molecule has 0 aliphatic carbocycles. The van der Waals surface area contributed by atoms with E-state index in [0.717, 1.165) is 25.7 Å². The van der Waals surface area contributed by atoms with Crippen molar-refractivity contribution in [3.63, 3.8) is 0 Å². The van der Waals surface area contributed by atoms with Gasteiger partial charge >= 0.3 is 0 Å². The summed E-state index contributed by atoms with van der Waals surface area (Å²) in [6.07, 6.45) is 1.72. The minimum atomic E-state index is 0.477. The zero-order chi connectivity index (χ0) is 14.1. The van der Waals surface area contributed by atoms with E-state index in [1.807, 2.05) is 36.4 Å². The van der Waals surface area contributed by atoms with Crippen LogP contribution < -0.4 is 10.5 Å². The summed E-state index contributed by atoms with van der Waals surface area (Å²) in [6, 6.07) is 12.0. The van der Waals surface area contributed by atoms with Gasteiger partial charge in [0.25, 0.3) is 0 Å². The number of methoxy groups -OCH3 is 1. The molecule has 1 heterocycles. The molecule has 4 nitrogen and oxygen atoms in total. The molecule has 1 aromatic heterocycles. The highest BCUT2D eigenvalue weighted by Gasteiger charge is 2.14. The van der Waals surface area contributed by atoms with Gasteiger partial charge in [0.1, 0.15) is 11.6 Å². The monoisotopic (exact) mass is 377 g/mol. The maximum Gasteiger partial charge on any atom is 0.165 e. The molecule has 0 spiro atoms. The van der Waals surface area contributed by atoms with E-state index in [-0.39, 0.29) is 0 Å². The van der Waals surface area contributed by atoms with Crippen molar-refractivity contribution in [2.75, 3.05) is 12.8 Å². The van der Waals surface area contributed by atoms with E-state index in [4.69, 9.17) is 10.5 Å². The molecular weight excluding hydrogens is 365 g/mol. The smallest absolute Gasteiger partial charge is 0.165 e. The normalized spacial score (nSPS) is 10.7. The van der Waals surface area contributed by atoms with Gasteiger partial charge in [0, 0.05) is 6.20 Å². The highest BCUT2D eigenvalue weighted by atomic mass is 127. The second kappa shape index (κ2) is 5.24. The Labute approximate surface area is 130 Å². The Morgan fingerprint density at radius 1 is 1.15 bits per heavy atom. The van der Waals surface area contributed by atoms with Crippen LogP contribution in [0, 0.1) is 3.57 Å². The van der Waals surface area contributed by atoms with Crippen LogP contribution in [0.25, 0.3) is 22.2 Å². The van der Waals surface area contributed by atoms with Gasteiger partial charge in [-0.15, -0.1) is 0 Å². The number of hydrogen-bond donors (Lipinski definition) is 1. The summed E-state index contributed by atoms with van der Waals surface area (Å²) < 4.78 is 6.29. The van der Waals surface area contributed by atoms with Crippen molar-refractivity contribution in [3.05, 3.63) is 46.2 Å². The lowest BCUT2D eigenvalue weighted by atomic mass is 10.0. The summed E-state index contributed by atoms with van der Waals surface area (Å²) in [5, 5.41) is 2.16. The van der Waals surface area contributed by atoms with Gasteiger partial charge in [0.05, 0.1) is 16.2 Å². The summed E-state index contributed by atoms with van der Waals surface area (Å²) in [5.74, 6) is 1.80. The fourth-order valence-electron chi connectivity index (χ4n) is 2.15. The zero-order valence-electron chi connectivity index (χ0n) is 10.8. The molecule has 0 radical (unpaired) electrons. The average Bonchev–Trinajstić information content (AvgIpc) is 2.49. The lowest BCUT2D eigenvalue weighted by Crippen LogP contribution is -2.00. The van der Waals surface area contributed by atoms with Gasteiger partial charge in [-0.1, -0.05) is 30.3 Å². The zero-order valence-corrected chi connectivity index (χ0v) is 13.0. The van der Waals surface area contributed by atoms with Crippen LogP contribution in [-0.2, 0) is 0 Å². The maximum atomic E-state index is 5.89. The molecule has 0 saturated heterocycles. The number of aromatic nitrogens is 2. The Kier molecular flexibility index (Phi) is 3.43. The Morgan fingerprint density at radius 2 is 1.95 bits per heavy atom. The molecule has 3 aromatic rings. The van der Waals surface area contributed by atoms with E-state index in [1.54, 1.807) is 13.3 Å². The van der Waals surface area contributed by atoms with Crippen LogP contribution in [0.3, 0.4) is 0 Å². The van der Waals surface area contributed by atoms with Crippen molar-refractivity contribution in [1.29, 1.82) is 0 Å². The molecular formula is C15H12IN3O. The van der Waals surface area contributed by atoms with E-state index in [1.165, 1.54) is 0 Å². The van der Waals surface area contributed by atoms with Gasteiger partial charge in [-0.3, -0.25) is 0 Å². The second-order valence-electron chi connectivity index (χ2n) is 4.29. The summed E-state index contributed by atoms with van der Waals surface area (Å²) in [5.41, 5.74) is 6.76. The first-order chi connectivity index (χ1) is 9.70. The van der Waals surface area contributed by atoms with E-state index < -0.39 is 0 Å². The third-order valence-corrected chi connectivity index (χ3v) is 3.94. The third-order valence-electron chi connectivity index (χ3n) is 3.11. The van der Waals surface area contributed by atoms with Crippen LogP contribution in [0.2, 0.25) is 0 Å². The lowest BCUT2D eigenvalue weighted by molar-refractivity contribution is 0.416. The largest absolute Gasteiger partial charge is 0.496 e. The molecule has 0 aliphatic rings. The molecule has 0 unspecified atom stereocenters. The van der Waals surface area contributed by atoms with Gasteiger partial charge < -0.3 is 10.5 Å². The van der Waals surface area contributed by atoms with Gasteiger partial charge in [-0.05, 0) is 39.4 Å². The number of nitrogen functional groups attached to an aromatic ring is 1. The SMILES string of the molecule is COc1ccc2ccccc2c1-c1ncc(I)c(N)n1. The minimum absolute atomic E-state index is 0.477. The van der Waals surface area contributed by atoms with Crippen LogP contribution in [0.1, 0.15) is 0 Å². The van der Waals surface area contributed by atoms with Crippen LogP contribution in [0.15, 0.2) is 42.6 Å². The first-order valence-corrected chi connectivity index (χ1v) is 7.12. The standard InChI is InChI=1S/C15H12IN3O/c1-20-12-7-6-9-4-2-3-5-10(9)13(12)15-18-8-11(16)14(17)19-15/h2-8H,1H3,(H2,17,18,19). The number of nitrogens with two attached hydrogens (primary N) is 1. The van der Waals surface area contributed by atoms with E-state index in [2.05, 4.69) is 32.6 Å². The summed E-state index contributed by atoms with van der Waals surface area (Å²) >= 11 is 2.12. The van der Waals surface area contributed by atoms with E-state index in [9.17, 15) is 0 Å². The first-order valence-electron chi connectivity index (χ1n) is 6.05. The molecule has 0 amide bonds. The lowest BCUT2D eigenvalue weighted by Gasteiger charge is -2.11. The van der Waals surface area contributed by atoms with Gasteiger partial charge in [-0.2, -0.15) is 0 Å². The van der Waals surface area contributed by atoms with Crippen molar-refractivity contribution in [2.24, 2.45) is 0 Å². The average molecular weight is 377 g/mol. The predicted octanol–water partition coefficient (Wildman–Crippen LogP) is 3.49. The van der Waals surface area contributed by atoms with Gasteiger partial charge in [-0.25, -0.2) is 9.97 Å².